The van der Waals surface area contributed by atoms with Crippen LogP contribution in [0.25, 0.3) is 5.71 Å². The first-order valence-electron chi connectivity index (χ1n) is 5.37. The van der Waals surface area contributed by atoms with Crippen molar-refractivity contribution in [3.8, 4) is 0 Å². The Morgan fingerprint density at radius 2 is 2.29 bits per heavy atom. The maximum atomic E-state index is 5.77. The Bertz CT molecular complexity index is 467. The molecule has 3 nitrogen and oxygen atoms in total. The van der Waals surface area contributed by atoms with E-state index < -0.39 is 0 Å². The summed E-state index contributed by atoms with van der Waals surface area (Å²) in [7, 11) is 0. The first kappa shape index (κ1) is 8.09. The molecule has 0 saturated heterocycles. The molecule has 2 aromatic rings. The molecule has 1 aliphatic carbocycles. The Morgan fingerprint density at radius 3 is 3.14 bits per heavy atom. The molecule has 14 heavy (non-hydrogen) atoms. The zero-order valence-electron chi connectivity index (χ0n) is 8.42. The lowest BCUT2D eigenvalue weighted by Gasteiger charge is -2.07. The van der Waals surface area contributed by atoms with Gasteiger partial charge in [0.15, 0.2) is 0 Å². The second-order valence-electron chi connectivity index (χ2n) is 3.92. The van der Waals surface area contributed by atoms with Crippen LogP contribution >= 0.6 is 0 Å². The zero-order chi connectivity index (χ0) is 9.54. The van der Waals surface area contributed by atoms with E-state index >= 15 is 0 Å². The summed E-state index contributed by atoms with van der Waals surface area (Å²) in [5.41, 5.74) is 3.34. The van der Waals surface area contributed by atoms with Crippen LogP contribution in [0.4, 0.5) is 0 Å². The molecule has 0 fully saturated rings. The summed E-state index contributed by atoms with van der Waals surface area (Å²) in [5.74, 6) is 1.15. The molecule has 2 aromatic heterocycles. The van der Waals surface area contributed by atoms with Crippen molar-refractivity contribution in [2.75, 3.05) is 0 Å². The van der Waals surface area contributed by atoms with Crippen LogP contribution < -0.4 is 0 Å². The molecule has 0 atom stereocenters. The highest BCUT2D eigenvalue weighted by molar-refractivity contribution is 5.40. The van der Waals surface area contributed by atoms with Gasteiger partial charge >= 0.3 is 0 Å². The van der Waals surface area contributed by atoms with Gasteiger partial charge in [0.05, 0.1) is 11.4 Å². The molecule has 0 N–H and O–H groups in total. The van der Waals surface area contributed by atoms with Crippen molar-refractivity contribution in [1.82, 2.24) is 9.61 Å². The van der Waals surface area contributed by atoms with Crippen LogP contribution in [-0.2, 0) is 19.3 Å². The van der Waals surface area contributed by atoms with Crippen molar-refractivity contribution in [2.45, 2.75) is 39.0 Å². The lowest BCUT2D eigenvalue weighted by atomic mass is 10.0. The molecule has 3 heteroatoms. The number of aromatic nitrogens is 2. The molecule has 0 bridgehead atoms. The SMILES string of the molecule is CCc1cc2oc3c(n2n1)CCCC3. The van der Waals surface area contributed by atoms with Crippen LogP contribution in [0, 0.1) is 0 Å². The van der Waals surface area contributed by atoms with E-state index in [-0.39, 0.29) is 0 Å². The molecule has 0 saturated carbocycles. The molecule has 0 spiro atoms. The van der Waals surface area contributed by atoms with Gasteiger partial charge in [-0.05, 0) is 25.7 Å². The predicted octanol–water partition coefficient (Wildman–Crippen LogP) is 2.37. The highest BCUT2D eigenvalue weighted by Crippen LogP contribution is 2.25. The first-order chi connectivity index (χ1) is 6.88. The minimum atomic E-state index is 0.925. The topological polar surface area (TPSA) is 30.4 Å². The van der Waals surface area contributed by atoms with E-state index in [4.69, 9.17) is 4.42 Å². The third-order valence-electron chi connectivity index (χ3n) is 2.96. The molecule has 0 amide bonds. The number of hydrogen-bond acceptors (Lipinski definition) is 2. The van der Waals surface area contributed by atoms with Crippen molar-refractivity contribution in [2.24, 2.45) is 0 Å². The highest BCUT2D eigenvalue weighted by Gasteiger charge is 2.19. The normalized spacial score (nSPS) is 16.1. The maximum absolute atomic E-state index is 5.77. The van der Waals surface area contributed by atoms with Crippen LogP contribution in [0.3, 0.4) is 0 Å². The first-order valence-corrected chi connectivity index (χ1v) is 5.37. The molecule has 0 aliphatic heterocycles. The van der Waals surface area contributed by atoms with Gasteiger partial charge in [-0.3, -0.25) is 0 Å². The summed E-state index contributed by atoms with van der Waals surface area (Å²) in [6.45, 7) is 2.12. The van der Waals surface area contributed by atoms with E-state index in [2.05, 4.69) is 18.1 Å². The van der Waals surface area contributed by atoms with Gasteiger partial charge in [0, 0.05) is 12.5 Å². The van der Waals surface area contributed by atoms with E-state index in [1.807, 2.05) is 4.52 Å². The molecule has 2 heterocycles. The quantitative estimate of drug-likeness (QED) is 0.691. The Hall–Kier alpha value is -1.25. The van der Waals surface area contributed by atoms with Crippen molar-refractivity contribution in [3.63, 3.8) is 0 Å². The monoisotopic (exact) mass is 190 g/mol. The van der Waals surface area contributed by atoms with Crippen LogP contribution in [0.2, 0.25) is 0 Å². The fraction of sp³-hybridized carbons (Fsp3) is 0.545. The number of rotatable bonds is 1. The van der Waals surface area contributed by atoms with Crippen LogP contribution in [0.15, 0.2) is 10.5 Å². The van der Waals surface area contributed by atoms with Crippen LogP contribution in [-0.4, -0.2) is 9.61 Å². The standard InChI is InChI=1S/C11H14N2O/c1-2-8-7-11-13(12-8)9-5-3-4-6-10(9)14-11/h7H,2-6H2,1H3. The minimum Gasteiger partial charge on any atom is -0.441 e. The van der Waals surface area contributed by atoms with Gasteiger partial charge in [0.25, 0.3) is 0 Å². The van der Waals surface area contributed by atoms with Crippen LogP contribution in [0.5, 0.6) is 0 Å². The van der Waals surface area contributed by atoms with E-state index in [9.17, 15) is 0 Å². The lowest BCUT2D eigenvalue weighted by Crippen LogP contribution is -2.04. The number of nitrogens with zero attached hydrogens (tertiary/aromatic N) is 2. The minimum absolute atomic E-state index is 0.925. The molecule has 0 aromatic carbocycles. The fourth-order valence-corrected chi connectivity index (χ4v) is 2.17. The highest BCUT2D eigenvalue weighted by atomic mass is 16.4. The van der Waals surface area contributed by atoms with E-state index in [0.29, 0.717) is 0 Å². The maximum Gasteiger partial charge on any atom is 0.222 e. The lowest BCUT2D eigenvalue weighted by molar-refractivity contribution is 0.506. The molecule has 3 rings (SSSR count). The summed E-state index contributed by atoms with van der Waals surface area (Å²) in [6, 6.07) is 2.05. The van der Waals surface area contributed by atoms with Crippen molar-refractivity contribution < 1.29 is 4.42 Å². The Morgan fingerprint density at radius 1 is 1.43 bits per heavy atom. The number of fused-ring (bicyclic) bond motifs is 3. The van der Waals surface area contributed by atoms with Gasteiger partial charge in [0.1, 0.15) is 5.76 Å². The summed E-state index contributed by atoms with van der Waals surface area (Å²) in [6.07, 6.45) is 5.70. The van der Waals surface area contributed by atoms with Gasteiger partial charge in [-0.2, -0.15) is 5.10 Å². The average Bonchev–Trinajstić information content (AvgIpc) is 2.73. The van der Waals surface area contributed by atoms with Crippen LogP contribution in [0.1, 0.15) is 36.9 Å². The van der Waals surface area contributed by atoms with Crippen molar-refractivity contribution in [3.05, 3.63) is 23.2 Å². The van der Waals surface area contributed by atoms with Gasteiger partial charge in [-0.15, -0.1) is 0 Å². The molecule has 0 unspecified atom stereocenters. The summed E-state index contributed by atoms with van der Waals surface area (Å²) < 4.78 is 7.77. The number of hydrogen-bond donors (Lipinski definition) is 0. The Balaban J connectivity index is 2.21. The number of oxazole rings is 1. The number of aryl methyl sites for hydroxylation is 3. The zero-order valence-corrected chi connectivity index (χ0v) is 8.42. The molecule has 74 valence electrons. The molecule has 0 radical (unpaired) electrons. The molecular formula is C11H14N2O. The molecular weight excluding hydrogens is 176 g/mol. The fourth-order valence-electron chi connectivity index (χ4n) is 2.17. The van der Waals surface area contributed by atoms with E-state index in [1.54, 1.807) is 0 Å². The summed E-state index contributed by atoms with van der Waals surface area (Å²) in [4.78, 5) is 0. The van der Waals surface area contributed by atoms with Gasteiger partial charge < -0.3 is 4.42 Å². The van der Waals surface area contributed by atoms with Gasteiger partial charge in [0.2, 0.25) is 5.71 Å². The second kappa shape index (κ2) is 2.87. The van der Waals surface area contributed by atoms with Crippen molar-refractivity contribution >= 4 is 5.71 Å². The second-order valence-corrected chi connectivity index (χ2v) is 3.92. The largest absolute Gasteiger partial charge is 0.441 e. The molecule has 1 aliphatic rings. The third-order valence-corrected chi connectivity index (χ3v) is 2.96. The van der Waals surface area contributed by atoms with Crippen molar-refractivity contribution in [1.29, 1.82) is 0 Å². The Labute approximate surface area is 82.7 Å². The average molecular weight is 190 g/mol. The predicted molar refractivity (Wildman–Crippen MR) is 53.5 cm³/mol. The van der Waals surface area contributed by atoms with Gasteiger partial charge in [-0.1, -0.05) is 6.92 Å². The van der Waals surface area contributed by atoms with Gasteiger partial charge in [-0.25, -0.2) is 4.52 Å². The third kappa shape index (κ3) is 1.01. The van der Waals surface area contributed by atoms with E-state index in [0.717, 1.165) is 36.4 Å². The summed E-state index contributed by atoms with van der Waals surface area (Å²) >= 11 is 0. The Kier molecular flexibility index (Phi) is 1.66. The summed E-state index contributed by atoms with van der Waals surface area (Å²) in [5, 5.41) is 4.53. The van der Waals surface area contributed by atoms with E-state index in [1.165, 1.54) is 18.5 Å². The smallest absolute Gasteiger partial charge is 0.222 e.